The number of fused-ring (bicyclic) bond motifs is 1. The number of carbonyl (C=O) groups is 1. The number of benzene rings is 2. The first-order valence-corrected chi connectivity index (χ1v) is 9.60. The second-order valence-corrected chi connectivity index (χ2v) is 8.07. The molecular weight excluding hydrogens is 334 g/mol. The van der Waals surface area contributed by atoms with Gasteiger partial charge in [0.15, 0.2) is 0 Å². The van der Waals surface area contributed by atoms with Crippen LogP contribution >= 0.6 is 0 Å². The third kappa shape index (κ3) is 4.57. The van der Waals surface area contributed by atoms with Gasteiger partial charge in [-0.2, -0.15) is 5.10 Å². The molecule has 27 heavy (non-hydrogen) atoms. The first-order chi connectivity index (χ1) is 12.9. The number of hydrogen-bond donors (Lipinski definition) is 1. The average molecular weight is 364 g/mol. The molecule has 1 N–H and O–H groups in total. The van der Waals surface area contributed by atoms with E-state index in [0.717, 1.165) is 24.0 Å². The summed E-state index contributed by atoms with van der Waals surface area (Å²) in [4.78, 5) is 14.3. The predicted molar refractivity (Wildman–Crippen MR) is 112 cm³/mol. The summed E-state index contributed by atoms with van der Waals surface area (Å²) in [5, 5.41) is 4.14. The lowest BCUT2D eigenvalue weighted by Gasteiger charge is -2.45. The monoisotopic (exact) mass is 363 g/mol. The van der Waals surface area contributed by atoms with Gasteiger partial charge in [0.1, 0.15) is 0 Å². The molecule has 4 heteroatoms. The van der Waals surface area contributed by atoms with Crippen LogP contribution in [0.25, 0.3) is 0 Å². The van der Waals surface area contributed by atoms with Gasteiger partial charge in [-0.15, -0.1) is 0 Å². The molecule has 0 radical (unpaired) electrons. The number of hydrazone groups is 1. The zero-order valence-corrected chi connectivity index (χ0v) is 16.7. The van der Waals surface area contributed by atoms with Crippen molar-refractivity contribution in [2.24, 2.45) is 5.10 Å². The lowest BCUT2D eigenvalue weighted by atomic mass is 9.80. The molecule has 0 saturated carbocycles. The Morgan fingerprint density at radius 3 is 2.74 bits per heavy atom. The summed E-state index contributed by atoms with van der Waals surface area (Å²) in [6.07, 6.45) is 4.00. The quantitative estimate of drug-likeness (QED) is 0.628. The van der Waals surface area contributed by atoms with E-state index in [1.807, 2.05) is 30.3 Å². The normalized spacial score (nSPS) is 18.4. The van der Waals surface area contributed by atoms with Crippen molar-refractivity contribution in [3.63, 3.8) is 0 Å². The zero-order chi connectivity index (χ0) is 19.4. The highest BCUT2D eigenvalue weighted by atomic mass is 16.2. The molecule has 0 bridgehead atoms. The maximum atomic E-state index is 12.0. The Morgan fingerprint density at radius 1 is 1.26 bits per heavy atom. The maximum absolute atomic E-state index is 12.0. The van der Waals surface area contributed by atoms with Crippen LogP contribution in [0.4, 0.5) is 5.69 Å². The number of nitrogens with one attached hydrogen (secondary N) is 1. The summed E-state index contributed by atoms with van der Waals surface area (Å²) < 4.78 is 0. The van der Waals surface area contributed by atoms with Crippen molar-refractivity contribution in [3.8, 4) is 0 Å². The van der Waals surface area contributed by atoms with E-state index in [1.165, 1.54) is 11.3 Å². The first-order valence-electron chi connectivity index (χ1n) is 9.60. The Kier molecular flexibility index (Phi) is 5.64. The number of anilines is 1. The van der Waals surface area contributed by atoms with Crippen LogP contribution in [0.1, 0.15) is 56.2 Å². The van der Waals surface area contributed by atoms with Crippen LogP contribution in [0.2, 0.25) is 0 Å². The molecule has 0 saturated heterocycles. The molecule has 1 aliphatic rings. The highest BCUT2D eigenvalue weighted by Crippen LogP contribution is 2.42. The van der Waals surface area contributed by atoms with E-state index < -0.39 is 0 Å². The van der Waals surface area contributed by atoms with Crippen molar-refractivity contribution in [1.29, 1.82) is 0 Å². The molecule has 3 rings (SSSR count). The van der Waals surface area contributed by atoms with Crippen LogP contribution in [0.5, 0.6) is 0 Å². The minimum absolute atomic E-state index is 0.0667. The number of rotatable bonds is 5. The molecule has 2 aromatic rings. The number of aryl methyl sites for hydroxylation is 1. The fraction of sp³-hybridized carbons (Fsp3) is 0.391. The molecule has 4 nitrogen and oxygen atoms in total. The molecule has 1 atom stereocenters. The molecule has 1 heterocycles. The minimum atomic E-state index is -0.0667. The molecule has 0 unspecified atom stereocenters. The number of hydrogen-bond acceptors (Lipinski definition) is 3. The third-order valence-electron chi connectivity index (χ3n) is 5.54. The van der Waals surface area contributed by atoms with Gasteiger partial charge in [-0.25, -0.2) is 5.43 Å². The summed E-state index contributed by atoms with van der Waals surface area (Å²) in [6.45, 7) is 6.85. The molecule has 0 aliphatic carbocycles. The number of carbonyl (C=O) groups excluding carboxylic acids is 1. The third-order valence-corrected chi connectivity index (χ3v) is 5.54. The first kappa shape index (κ1) is 19.2. The molecule has 2 aromatic carbocycles. The van der Waals surface area contributed by atoms with Gasteiger partial charge in [0.2, 0.25) is 5.91 Å². The van der Waals surface area contributed by atoms with E-state index in [-0.39, 0.29) is 11.4 Å². The van der Waals surface area contributed by atoms with Gasteiger partial charge in [-0.3, -0.25) is 4.79 Å². The van der Waals surface area contributed by atoms with E-state index in [9.17, 15) is 4.79 Å². The summed E-state index contributed by atoms with van der Waals surface area (Å²) in [7, 11) is 2.16. The van der Waals surface area contributed by atoms with E-state index in [4.69, 9.17) is 0 Å². The lowest BCUT2D eigenvalue weighted by Crippen LogP contribution is -2.45. The van der Waals surface area contributed by atoms with Crippen LogP contribution in [-0.4, -0.2) is 24.7 Å². The van der Waals surface area contributed by atoms with E-state index in [2.05, 4.69) is 61.4 Å². The second kappa shape index (κ2) is 7.95. The van der Waals surface area contributed by atoms with Gasteiger partial charge in [0.25, 0.3) is 0 Å². The van der Waals surface area contributed by atoms with Gasteiger partial charge in [-0.05, 0) is 61.4 Å². The highest BCUT2D eigenvalue weighted by Gasteiger charge is 2.33. The van der Waals surface area contributed by atoms with Crippen molar-refractivity contribution in [2.45, 2.75) is 51.5 Å². The Labute approximate surface area is 162 Å². The summed E-state index contributed by atoms with van der Waals surface area (Å²) >= 11 is 0. The van der Waals surface area contributed by atoms with E-state index in [1.54, 1.807) is 6.21 Å². The van der Waals surface area contributed by atoms with Crippen LogP contribution < -0.4 is 10.3 Å². The van der Waals surface area contributed by atoms with Crippen LogP contribution in [0.15, 0.2) is 53.6 Å². The number of amides is 1. The largest absolute Gasteiger partial charge is 0.369 e. The molecule has 142 valence electrons. The minimum Gasteiger partial charge on any atom is -0.369 e. The molecule has 0 fully saturated rings. The SMILES string of the molecule is C[C@H]1CC(C)(C)N(C)c2ccc(/C=N/NC(=O)CCc3ccccc3)cc21. The van der Waals surface area contributed by atoms with Gasteiger partial charge in [-0.1, -0.05) is 43.3 Å². The van der Waals surface area contributed by atoms with Gasteiger partial charge in [0, 0.05) is 24.7 Å². The van der Waals surface area contributed by atoms with Crippen molar-refractivity contribution < 1.29 is 4.79 Å². The Balaban J connectivity index is 1.60. The summed E-state index contributed by atoms with van der Waals surface area (Å²) in [5.74, 6) is 0.433. The standard InChI is InChI=1S/C23H29N3O/c1-17-15-23(2,3)26(4)21-12-10-19(14-20(17)21)16-24-25-22(27)13-11-18-8-6-5-7-9-18/h5-10,12,14,16-17H,11,13,15H2,1-4H3,(H,25,27)/b24-16+/t17-/m0/s1. The predicted octanol–water partition coefficient (Wildman–Crippen LogP) is 4.49. The summed E-state index contributed by atoms with van der Waals surface area (Å²) in [6, 6.07) is 16.4. The fourth-order valence-electron chi connectivity index (χ4n) is 3.81. The smallest absolute Gasteiger partial charge is 0.240 e. The van der Waals surface area contributed by atoms with Crippen molar-refractivity contribution in [1.82, 2.24) is 5.43 Å². The number of nitrogens with zero attached hydrogens (tertiary/aromatic N) is 2. The molecule has 0 aromatic heterocycles. The molecule has 0 spiro atoms. The molecule has 1 amide bonds. The van der Waals surface area contributed by atoms with Crippen molar-refractivity contribution in [2.75, 3.05) is 11.9 Å². The zero-order valence-electron chi connectivity index (χ0n) is 16.7. The second-order valence-electron chi connectivity index (χ2n) is 8.07. The maximum Gasteiger partial charge on any atom is 0.240 e. The van der Waals surface area contributed by atoms with Crippen molar-refractivity contribution in [3.05, 3.63) is 65.2 Å². The molecule has 1 aliphatic heterocycles. The molecular formula is C23H29N3O. The van der Waals surface area contributed by atoms with Crippen LogP contribution in [0, 0.1) is 0 Å². The van der Waals surface area contributed by atoms with Crippen molar-refractivity contribution >= 4 is 17.8 Å². The van der Waals surface area contributed by atoms with E-state index >= 15 is 0 Å². The Morgan fingerprint density at radius 2 is 2.00 bits per heavy atom. The van der Waals surface area contributed by atoms with Gasteiger partial charge < -0.3 is 4.90 Å². The lowest BCUT2D eigenvalue weighted by molar-refractivity contribution is -0.121. The summed E-state index contributed by atoms with van der Waals surface area (Å²) in [5.41, 5.74) is 7.59. The highest BCUT2D eigenvalue weighted by molar-refractivity contribution is 5.84. The van der Waals surface area contributed by atoms with Crippen LogP contribution in [0.3, 0.4) is 0 Å². The van der Waals surface area contributed by atoms with Gasteiger partial charge in [0.05, 0.1) is 6.21 Å². The average Bonchev–Trinajstić information content (AvgIpc) is 2.65. The van der Waals surface area contributed by atoms with Gasteiger partial charge >= 0.3 is 0 Å². The topological polar surface area (TPSA) is 44.7 Å². The van der Waals surface area contributed by atoms with E-state index in [0.29, 0.717) is 12.3 Å². The Bertz CT molecular complexity index is 827. The van der Waals surface area contributed by atoms with Crippen LogP contribution in [-0.2, 0) is 11.2 Å². The fourth-order valence-corrected chi connectivity index (χ4v) is 3.81. The Hall–Kier alpha value is -2.62.